The van der Waals surface area contributed by atoms with E-state index in [1.54, 1.807) is 6.20 Å². The Kier molecular flexibility index (Phi) is 1.96. The number of hydrogen-bond acceptors (Lipinski definition) is 3. The van der Waals surface area contributed by atoms with Crippen molar-refractivity contribution in [2.45, 2.75) is 25.8 Å². The number of pyridine rings is 1. The molecule has 0 aliphatic heterocycles. The van der Waals surface area contributed by atoms with Gasteiger partial charge in [0.05, 0.1) is 6.33 Å². The van der Waals surface area contributed by atoms with Crippen molar-refractivity contribution in [2.24, 2.45) is 0 Å². The number of imidazole rings is 1. The molecule has 0 bridgehead atoms. The van der Waals surface area contributed by atoms with Crippen LogP contribution in [0.4, 0.5) is 5.82 Å². The molecule has 0 atom stereocenters. The summed E-state index contributed by atoms with van der Waals surface area (Å²) in [7, 11) is 0. The molecule has 1 fully saturated rings. The molecule has 2 N–H and O–H groups in total. The highest BCUT2D eigenvalue weighted by Gasteiger charge is 2.26. The Hall–Kier alpha value is -1.84. The summed E-state index contributed by atoms with van der Waals surface area (Å²) in [6.07, 6.45) is 7.88. The predicted octanol–water partition coefficient (Wildman–Crippen LogP) is 2.17. The van der Waals surface area contributed by atoms with Gasteiger partial charge in [-0.2, -0.15) is 0 Å². The van der Waals surface area contributed by atoms with Gasteiger partial charge in [-0.1, -0.05) is 0 Å². The highest BCUT2D eigenvalue weighted by molar-refractivity contribution is 5.72. The minimum atomic E-state index is 0.568. The minimum absolute atomic E-state index is 0.568. The van der Waals surface area contributed by atoms with Gasteiger partial charge in [-0.3, -0.25) is 4.98 Å². The Morgan fingerprint density at radius 2 is 2.25 bits per heavy atom. The fraction of sp³-hybridized carbons (Fsp3) is 0.333. The van der Waals surface area contributed by atoms with Crippen molar-refractivity contribution in [3.63, 3.8) is 0 Å². The number of nitrogens with two attached hydrogens (primary N) is 1. The van der Waals surface area contributed by atoms with Gasteiger partial charge in [0.2, 0.25) is 0 Å². The first kappa shape index (κ1) is 9.39. The van der Waals surface area contributed by atoms with Crippen LogP contribution in [0.3, 0.4) is 0 Å². The standard InChI is InChI=1S/C12H14N4/c1-8-4-5-14-6-10(8)11-12(13)16(7-15-11)9-2-3-9/h4-7,9H,2-3,13H2,1H3. The SMILES string of the molecule is Cc1ccncc1-c1ncn(C2CC2)c1N. The van der Waals surface area contributed by atoms with E-state index in [4.69, 9.17) is 5.73 Å². The zero-order valence-electron chi connectivity index (χ0n) is 9.22. The lowest BCUT2D eigenvalue weighted by atomic mass is 10.1. The molecule has 0 radical (unpaired) electrons. The van der Waals surface area contributed by atoms with Crippen LogP contribution in [0.1, 0.15) is 24.4 Å². The smallest absolute Gasteiger partial charge is 0.131 e. The summed E-state index contributed by atoms with van der Waals surface area (Å²) in [6.45, 7) is 2.05. The fourth-order valence-corrected chi connectivity index (χ4v) is 1.93. The Balaban J connectivity index is 2.10. The largest absolute Gasteiger partial charge is 0.383 e. The summed E-state index contributed by atoms with van der Waals surface area (Å²) in [6, 6.07) is 2.54. The van der Waals surface area contributed by atoms with Crippen LogP contribution in [0.5, 0.6) is 0 Å². The average molecular weight is 214 g/mol. The molecule has 82 valence electrons. The molecule has 4 nitrogen and oxygen atoms in total. The van der Waals surface area contributed by atoms with Crippen LogP contribution in [-0.4, -0.2) is 14.5 Å². The van der Waals surface area contributed by atoms with Gasteiger partial charge in [0.15, 0.2) is 0 Å². The van der Waals surface area contributed by atoms with Gasteiger partial charge in [-0.25, -0.2) is 4.98 Å². The van der Waals surface area contributed by atoms with Crippen LogP contribution >= 0.6 is 0 Å². The van der Waals surface area contributed by atoms with Crippen LogP contribution in [0.25, 0.3) is 11.3 Å². The fourth-order valence-electron chi connectivity index (χ4n) is 1.93. The zero-order valence-corrected chi connectivity index (χ0v) is 9.22. The lowest BCUT2D eigenvalue weighted by Gasteiger charge is -2.05. The molecule has 0 saturated heterocycles. The third-order valence-electron chi connectivity index (χ3n) is 3.07. The first-order valence-electron chi connectivity index (χ1n) is 5.50. The van der Waals surface area contributed by atoms with Gasteiger partial charge in [-0.05, 0) is 31.4 Å². The van der Waals surface area contributed by atoms with E-state index in [-0.39, 0.29) is 0 Å². The van der Waals surface area contributed by atoms with E-state index in [0.29, 0.717) is 6.04 Å². The second-order valence-electron chi connectivity index (χ2n) is 4.31. The number of rotatable bonds is 2. The molecule has 4 heteroatoms. The van der Waals surface area contributed by atoms with Crippen LogP contribution in [0, 0.1) is 6.92 Å². The van der Waals surface area contributed by atoms with Crippen molar-refractivity contribution in [3.05, 3.63) is 30.4 Å². The van der Waals surface area contributed by atoms with Crippen LogP contribution in [-0.2, 0) is 0 Å². The maximum absolute atomic E-state index is 6.12. The van der Waals surface area contributed by atoms with Gasteiger partial charge in [0.25, 0.3) is 0 Å². The zero-order chi connectivity index (χ0) is 11.1. The third kappa shape index (κ3) is 1.38. The van der Waals surface area contributed by atoms with Crippen molar-refractivity contribution in [1.82, 2.24) is 14.5 Å². The quantitative estimate of drug-likeness (QED) is 0.833. The molecule has 2 heterocycles. The number of anilines is 1. The molecule has 1 aliphatic carbocycles. The van der Waals surface area contributed by atoms with Crippen molar-refractivity contribution < 1.29 is 0 Å². The van der Waals surface area contributed by atoms with E-state index >= 15 is 0 Å². The van der Waals surface area contributed by atoms with E-state index in [1.807, 2.05) is 25.5 Å². The molecule has 2 aromatic heterocycles. The summed E-state index contributed by atoms with van der Waals surface area (Å²) in [5, 5.41) is 0. The third-order valence-corrected chi connectivity index (χ3v) is 3.07. The lowest BCUT2D eigenvalue weighted by molar-refractivity contribution is 0.751. The molecule has 0 aromatic carbocycles. The number of aryl methyl sites for hydroxylation is 1. The first-order chi connectivity index (χ1) is 7.77. The predicted molar refractivity (Wildman–Crippen MR) is 62.9 cm³/mol. The van der Waals surface area contributed by atoms with Gasteiger partial charge in [-0.15, -0.1) is 0 Å². The summed E-state index contributed by atoms with van der Waals surface area (Å²) < 4.78 is 2.07. The Labute approximate surface area is 94.1 Å². The summed E-state index contributed by atoms with van der Waals surface area (Å²) in [5.74, 6) is 0.763. The number of nitrogen functional groups attached to an aromatic ring is 1. The van der Waals surface area contributed by atoms with Gasteiger partial charge < -0.3 is 10.3 Å². The summed E-state index contributed by atoms with van der Waals surface area (Å²) in [4.78, 5) is 8.53. The maximum atomic E-state index is 6.12. The van der Waals surface area contributed by atoms with Crippen LogP contribution < -0.4 is 5.73 Å². The van der Waals surface area contributed by atoms with Gasteiger partial charge in [0.1, 0.15) is 11.5 Å². The lowest BCUT2D eigenvalue weighted by Crippen LogP contribution is -2.00. The van der Waals surface area contributed by atoms with E-state index in [9.17, 15) is 0 Å². The van der Waals surface area contributed by atoms with Gasteiger partial charge in [0, 0.05) is 24.0 Å². The highest BCUT2D eigenvalue weighted by Crippen LogP contribution is 2.39. The van der Waals surface area contributed by atoms with Crippen molar-refractivity contribution >= 4 is 5.82 Å². The molecule has 1 aliphatic rings. The molecule has 1 saturated carbocycles. The first-order valence-corrected chi connectivity index (χ1v) is 5.50. The second-order valence-corrected chi connectivity index (χ2v) is 4.31. The number of hydrogen-bond donors (Lipinski definition) is 1. The maximum Gasteiger partial charge on any atom is 0.131 e. The van der Waals surface area contributed by atoms with Crippen molar-refractivity contribution in [3.8, 4) is 11.3 Å². The molecule has 0 spiro atoms. The van der Waals surface area contributed by atoms with Crippen LogP contribution in [0.15, 0.2) is 24.8 Å². The molecular formula is C12H14N4. The van der Waals surface area contributed by atoms with E-state index < -0.39 is 0 Å². The van der Waals surface area contributed by atoms with Crippen molar-refractivity contribution in [1.29, 1.82) is 0 Å². The topological polar surface area (TPSA) is 56.7 Å². The normalized spacial score (nSPS) is 15.3. The molecule has 0 amide bonds. The molecule has 0 unspecified atom stereocenters. The monoisotopic (exact) mass is 214 g/mol. The van der Waals surface area contributed by atoms with E-state index in [2.05, 4.69) is 14.5 Å². The minimum Gasteiger partial charge on any atom is -0.383 e. The molecule has 3 rings (SSSR count). The highest BCUT2D eigenvalue weighted by atomic mass is 15.2. The molecule has 2 aromatic rings. The molecular weight excluding hydrogens is 200 g/mol. The summed E-state index contributed by atoms with van der Waals surface area (Å²) >= 11 is 0. The van der Waals surface area contributed by atoms with E-state index in [0.717, 1.165) is 22.6 Å². The Morgan fingerprint density at radius 3 is 2.94 bits per heavy atom. The number of nitrogens with zero attached hydrogens (tertiary/aromatic N) is 3. The summed E-state index contributed by atoms with van der Waals surface area (Å²) in [5.41, 5.74) is 9.16. The number of aromatic nitrogens is 3. The average Bonchev–Trinajstić information content (AvgIpc) is 3.05. The Morgan fingerprint density at radius 1 is 1.44 bits per heavy atom. The van der Waals surface area contributed by atoms with E-state index in [1.165, 1.54) is 12.8 Å². The van der Waals surface area contributed by atoms with Gasteiger partial charge >= 0.3 is 0 Å². The Bertz CT molecular complexity index is 526. The van der Waals surface area contributed by atoms with Crippen LogP contribution in [0.2, 0.25) is 0 Å². The second kappa shape index (κ2) is 3.33. The molecule has 16 heavy (non-hydrogen) atoms. The van der Waals surface area contributed by atoms with Crippen molar-refractivity contribution in [2.75, 3.05) is 5.73 Å².